The van der Waals surface area contributed by atoms with Crippen LogP contribution in [-0.4, -0.2) is 32.8 Å². The average Bonchev–Trinajstić information content (AvgIpc) is 3.26. The van der Waals surface area contributed by atoms with E-state index in [0.29, 0.717) is 21.7 Å². The highest BCUT2D eigenvalue weighted by atomic mass is 32.1. The van der Waals surface area contributed by atoms with Crippen LogP contribution in [0.5, 0.6) is 5.75 Å². The van der Waals surface area contributed by atoms with E-state index in [1.54, 1.807) is 18.2 Å². The topological polar surface area (TPSA) is 126 Å². The maximum absolute atomic E-state index is 12.6. The Hall–Kier alpha value is -3.31. The van der Waals surface area contributed by atoms with E-state index in [2.05, 4.69) is 25.0 Å². The SMILES string of the molecule is Cc1snc2sc3c(=O)[nH]c(C(=O)NCc4ccc5c(c4)NC(=O)CO5)nc3c12. The second-order valence-corrected chi connectivity index (χ2v) is 8.44. The number of aromatic nitrogens is 3. The van der Waals surface area contributed by atoms with E-state index in [-0.39, 0.29) is 30.4 Å². The zero-order valence-corrected chi connectivity index (χ0v) is 16.6. The van der Waals surface area contributed by atoms with Crippen LogP contribution in [0.2, 0.25) is 0 Å². The van der Waals surface area contributed by atoms with Crippen LogP contribution in [0.25, 0.3) is 20.4 Å². The van der Waals surface area contributed by atoms with Gasteiger partial charge in [0.2, 0.25) is 0 Å². The Morgan fingerprint density at radius 1 is 1.34 bits per heavy atom. The number of carbonyl (C=O) groups excluding carboxylic acids is 2. The summed E-state index contributed by atoms with van der Waals surface area (Å²) in [6.45, 7) is 2.09. The normalized spacial score (nSPS) is 13.2. The zero-order chi connectivity index (χ0) is 20.1. The first-order valence-corrected chi connectivity index (χ1v) is 10.2. The van der Waals surface area contributed by atoms with Crippen molar-refractivity contribution >= 4 is 60.8 Å². The van der Waals surface area contributed by atoms with E-state index < -0.39 is 5.91 Å². The lowest BCUT2D eigenvalue weighted by molar-refractivity contribution is -0.118. The van der Waals surface area contributed by atoms with Gasteiger partial charge in [0, 0.05) is 11.4 Å². The molecule has 1 aliphatic heterocycles. The van der Waals surface area contributed by atoms with Crippen LogP contribution < -0.4 is 20.9 Å². The summed E-state index contributed by atoms with van der Waals surface area (Å²) in [7, 11) is 0. The van der Waals surface area contributed by atoms with Gasteiger partial charge in [0.05, 0.1) is 16.6 Å². The number of hydrogen-bond acceptors (Lipinski definition) is 8. The fourth-order valence-corrected chi connectivity index (χ4v) is 4.98. The van der Waals surface area contributed by atoms with Crippen molar-refractivity contribution in [2.24, 2.45) is 0 Å². The summed E-state index contributed by atoms with van der Waals surface area (Å²) >= 11 is 2.61. The van der Waals surface area contributed by atoms with Gasteiger partial charge in [-0.25, -0.2) is 4.98 Å². The Morgan fingerprint density at radius 2 is 2.21 bits per heavy atom. The highest BCUT2D eigenvalue weighted by molar-refractivity contribution is 7.27. The van der Waals surface area contributed by atoms with Gasteiger partial charge in [0.25, 0.3) is 17.4 Å². The van der Waals surface area contributed by atoms with Crippen LogP contribution in [-0.2, 0) is 11.3 Å². The van der Waals surface area contributed by atoms with Crippen LogP contribution in [0.15, 0.2) is 23.0 Å². The number of H-pyrrole nitrogens is 1. The van der Waals surface area contributed by atoms with Gasteiger partial charge in [-0.15, -0.1) is 11.3 Å². The number of benzene rings is 1. The van der Waals surface area contributed by atoms with E-state index in [4.69, 9.17) is 4.74 Å². The zero-order valence-electron chi connectivity index (χ0n) is 15.0. The molecule has 4 heterocycles. The lowest BCUT2D eigenvalue weighted by atomic mass is 10.1. The molecule has 0 radical (unpaired) electrons. The first-order chi connectivity index (χ1) is 14.0. The summed E-state index contributed by atoms with van der Waals surface area (Å²) in [5.41, 5.74) is 1.46. The Kier molecular flexibility index (Phi) is 4.07. The smallest absolute Gasteiger partial charge is 0.287 e. The summed E-state index contributed by atoms with van der Waals surface area (Å²) in [4.78, 5) is 45.1. The van der Waals surface area contributed by atoms with Crippen molar-refractivity contribution in [3.8, 4) is 5.75 Å². The molecule has 3 N–H and O–H groups in total. The second-order valence-electron chi connectivity index (χ2n) is 6.46. The number of rotatable bonds is 3. The van der Waals surface area contributed by atoms with E-state index in [1.807, 2.05) is 6.92 Å². The molecule has 11 heteroatoms. The Labute approximate surface area is 170 Å². The largest absolute Gasteiger partial charge is 0.482 e. The maximum atomic E-state index is 12.6. The fourth-order valence-electron chi connectivity index (χ4n) is 3.13. The molecule has 0 aliphatic carbocycles. The van der Waals surface area contributed by atoms with Crippen molar-refractivity contribution in [2.75, 3.05) is 11.9 Å². The summed E-state index contributed by atoms with van der Waals surface area (Å²) in [6, 6.07) is 5.25. The van der Waals surface area contributed by atoms with Crippen molar-refractivity contribution in [1.29, 1.82) is 0 Å². The number of aromatic amines is 1. The minimum atomic E-state index is -0.498. The standard InChI is InChI=1S/C18H13N5O4S2/c1-7-12-13-14(28-18(12)23-29-7)16(25)22-15(21-13)17(26)19-5-8-2-3-10-9(4-8)20-11(24)6-27-10/h2-4H,5-6H2,1H3,(H,19,26)(H,20,24)(H,21,22,25). The van der Waals surface area contributed by atoms with Crippen molar-refractivity contribution in [2.45, 2.75) is 13.5 Å². The first kappa shape index (κ1) is 17.8. The van der Waals surface area contributed by atoms with Crippen LogP contribution >= 0.6 is 22.9 Å². The lowest BCUT2D eigenvalue weighted by Gasteiger charge is -2.18. The molecule has 1 aromatic carbocycles. The quantitative estimate of drug-likeness (QED) is 0.460. The number of nitrogens with zero attached hydrogens (tertiary/aromatic N) is 2. The number of fused-ring (bicyclic) bond motifs is 4. The molecular weight excluding hydrogens is 414 g/mol. The van der Waals surface area contributed by atoms with Crippen LogP contribution in [0.3, 0.4) is 0 Å². The number of carbonyl (C=O) groups is 2. The van der Waals surface area contributed by atoms with Gasteiger partial charge in [-0.3, -0.25) is 14.4 Å². The number of nitrogens with one attached hydrogen (secondary N) is 3. The summed E-state index contributed by atoms with van der Waals surface area (Å²) < 4.78 is 10.1. The summed E-state index contributed by atoms with van der Waals surface area (Å²) in [6.07, 6.45) is 0. The molecule has 3 aromatic heterocycles. The van der Waals surface area contributed by atoms with Crippen LogP contribution in [0.1, 0.15) is 21.1 Å². The van der Waals surface area contributed by atoms with Crippen molar-refractivity contribution in [3.05, 3.63) is 44.8 Å². The monoisotopic (exact) mass is 427 g/mol. The van der Waals surface area contributed by atoms with Gasteiger partial charge in [0.1, 0.15) is 15.3 Å². The third-order valence-corrected chi connectivity index (χ3v) is 6.43. The van der Waals surface area contributed by atoms with Gasteiger partial charge in [0.15, 0.2) is 12.4 Å². The predicted molar refractivity (Wildman–Crippen MR) is 110 cm³/mol. The predicted octanol–water partition coefficient (Wildman–Crippen LogP) is 2.16. The third kappa shape index (κ3) is 3.04. The first-order valence-electron chi connectivity index (χ1n) is 8.62. The van der Waals surface area contributed by atoms with Gasteiger partial charge >= 0.3 is 0 Å². The molecule has 0 spiro atoms. The number of aryl methyl sites for hydroxylation is 1. The fraction of sp³-hybridized carbons (Fsp3) is 0.167. The number of amides is 2. The summed E-state index contributed by atoms with van der Waals surface area (Å²) in [5, 5.41) is 6.28. The molecule has 0 bridgehead atoms. The Morgan fingerprint density at radius 3 is 3.07 bits per heavy atom. The average molecular weight is 427 g/mol. The minimum Gasteiger partial charge on any atom is -0.482 e. The molecule has 0 saturated heterocycles. The molecule has 0 atom stereocenters. The Balaban J connectivity index is 1.41. The molecule has 2 amide bonds. The molecule has 9 nitrogen and oxygen atoms in total. The highest BCUT2D eigenvalue weighted by Gasteiger charge is 2.19. The molecule has 146 valence electrons. The molecule has 0 unspecified atom stereocenters. The number of thiophene rings is 1. The van der Waals surface area contributed by atoms with E-state index in [1.165, 1.54) is 22.9 Å². The Bertz CT molecular complexity index is 1370. The van der Waals surface area contributed by atoms with Crippen molar-refractivity contribution in [1.82, 2.24) is 19.7 Å². The number of hydrogen-bond donors (Lipinski definition) is 3. The van der Waals surface area contributed by atoms with E-state index in [0.717, 1.165) is 20.7 Å². The highest BCUT2D eigenvalue weighted by Crippen LogP contribution is 2.34. The maximum Gasteiger partial charge on any atom is 0.287 e. The minimum absolute atomic E-state index is 0.0143. The van der Waals surface area contributed by atoms with Gasteiger partial charge in [-0.2, -0.15) is 4.37 Å². The molecule has 29 heavy (non-hydrogen) atoms. The molecule has 4 aromatic rings. The van der Waals surface area contributed by atoms with Gasteiger partial charge in [-0.05, 0) is 36.2 Å². The van der Waals surface area contributed by atoms with Crippen molar-refractivity contribution < 1.29 is 14.3 Å². The number of anilines is 1. The van der Waals surface area contributed by atoms with Crippen molar-refractivity contribution in [3.63, 3.8) is 0 Å². The number of ether oxygens (including phenoxy) is 1. The molecule has 1 aliphatic rings. The lowest BCUT2D eigenvalue weighted by Crippen LogP contribution is -2.28. The molecule has 5 rings (SSSR count). The molecule has 0 fully saturated rings. The summed E-state index contributed by atoms with van der Waals surface area (Å²) in [5.74, 6) is -0.198. The van der Waals surface area contributed by atoms with Gasteiger partial charge in [-0.1, -0.05) is 6.07 Å². The molecule has 0 saturated carbocycles. The van der Waals surface area contributed by atoms with E-state index in [9.17, 15) is 14.4 Å². The van der Waals surface area contributed by atoms with E-state index >= 15 is 0 Å². The second kappa shape index (κ2) is 6.64. The molecular formula is C18H13N5O4S2. The third-order valence-electron chi connectivity index (χ3n) is 4.49. The van der Waals surface area contributed by atoms with Crippen LogP contribution in [0.4, 0.5) is 5.69 Å². The van der Waals surface area contributed by atoms with Crippen LogP contribution in [0, 0.1) is 6.92 Å². The van der Waals surface area contributed by atoms with Gasteiger partial charge < -0.3 is 20.4 Å².